The summed E-state index contributed by atoms with van der Waals surface area (Å²) < 4.78 is 12.9. The molecule has 14 heteroatoms. The van der Waals surface area contributed by atoms with E-state index in [1.807, 2.05) is 51.1 Å². The first-order chi connectivity index (χ1) is 27.1. The van der Waals surface area contributed by atoms with Gasteiger partial charge in [-0.3, -0.25) is 35.2 Å². The molecule has 1 aliphatic rings. The highest BCUT2D eigenvalue weighted by Crippen LogP contribution is 2.28. The van der Waals surface area contributed by atoms with Gasteiger partial charge >= 0.3 is 12.1 Å². The lowest BCUT2D eigenvalue weighted by Crippen LogP contribution is -2.35. The number of ether oxygens (including phenoxy) is 2. The van der Waals surface area contributed by atoms with Gasteiger partial charge in [0, 0.05) is 37.0 Å². The van der Waals surface area contributed by atoms with Crippen LogP contribution in [0.15, 0.2) is 66.9 Å². The van der Waals surface area contributed by atoms with Crippen LogP contribution < -0.4 is 15.5 Å². The van der Waals surface area contributed by atoms with Crippen molar-refractivity contribution in [2.75, 3.05) is 24.6 Å². The number of esters is 1. The maximum Gasteiger partial charge on any atom is 0.412 e. The molecular weight excluding hydrogens is 711 g/mol. The van der Waals surface area contributed by atoms with Crippen LogP contribution in [0.25, 0.3) is 11.0 Å². The number of alkyl carbamates (subject to hydrolysis) is 1. The Balaban J connectivity index is 1.11. The van der Waals surface area contributed by atoms with E-state index < -0.39 is 12.1 Å². The van der Waals surface area contributed by atoms with Gasteiger partial charge in [0.25, 0.3) is 5.91 Å². The van der Waals surface area contributed by atoms with E-state index in [2.05, 4.69) is 37.1 Å². The fraction of sp³-hybridized carbons (Fsp3) is 0.381. The predicted octanol–water partition coefficient (Wildman–Crippen LogP) is 6.45. The predicted molar refractivity (Wildman–Crippen MR) is 213 cm³/mol. The molecule has 5 aromatic rings. The summed E-state index contributed by atoms with van der Waals surface area (Å²) in [5.74, 6) is 0.494. The second-order valence-electron chi connectivity index (χ2n) is 13.9. The number of unbranched alkanes of at least 4 members (excludes halogenated alkanes) is 3. The number of pyridine rings is 1. The van der Waals surface area contributed by atoms with Crippen LogP contribution in [0.3, 0.4) is 0 Å². The number of benzene rings is 2. The largest absolute Gasteiger partial charge is 0.459 e. The summed E-state index contributed by atoms with van der Waals surface area (Å²) >= 11 is 0. The lowest BCUT2D eigenvalue weighted by molar-refractivity contribution is -0.144. The first kappa shape index (κ1) is 39.7. The molecule has 2 amide bonds. The van der Waals surface area contributed by atoms with Crippen molar-refractivity contribution in [1.82, 2.24) is 35.1 Å². The highest BCUT2D eigenvalue weighted by Gasteiger charge is 2.26. The molecule has 14 nitrogen and oxygen atoms in total. The minimum absolute atomic E-state index is 0.00130. The van der Waals surface area contributed by atoms with Crippen molar-refractivity contribution in [3.63, 3.8) is 0 Å². The number of aryl methyl sites for hydroxylation is 3. The smallest absolute Gasteiger partial charge is 0.412 e. The summed E-state index contributed by atoms with van der Waals surface area (Å²) in [6.45, 7) is 9.58. The van der Waals surface area contributed by atoms with Gasteiger partial charge in [0.05, 0.1) is 52.9 Å². The van der Waals surface area contributed by atoms with Gasteiger partial charge in [-0.05, 0) is 69.5 Å². The molecule has 2 aromatic carbocycles. The topological polar surface area (TPSA) is 177 Å². The fourth-order valence-corrected chi connectivity index (χ4v) is 6.65. The van der Waals surface area contributed by atoms with Gasteiger partial charge in [0.1, 0.15) is 24.1 Å². The van der Waals surface area contributed by atoms with Crippen LogP contribution in [-0.4, -0.2) is 68.0 Å². The summed E-state index contributed by atoms with van der Waals surface area (Å²) in [7, 11) is 0. The van der Waals surface area contributed by atoms with Crippen molar-refractivity contribution >= 4 is 40.7 Å². The van der Waals surface area contributed by atoms with E-state index in [4.69, 9.17) is 19.9 Å². The lowest BCUT2D eigenvalue weighted by Gasteiger charge is -2.25. The minimum Gasteiger partial charge on any atom is -0.459 e. The van der Waals surface area contributed by atoms with Gasteiger partial charge in [-0.2, -0.15) is 0 Å². The highest BCUT2D eigenvalue weighted by atomic mass is 16.5. The molecule has 6 rings (SSSR count). The summed E-state index contributed by atoms with van der Waals surface area (Å²) in [6.07, 6.45) is 5.62. The number of carbonyl (C=O) groups is 3. The maximum atomic E-state index is 14.1. The van der Waals surface area contributed by atoms with Crippen molar-refractivity contribution in [3.8, 4) is 0 Å². The Morgan fingerprint density at radius 1 is 0.929 bits per heavy atom. The average Bonchev–Trinajstić information content (AvgIpc) is 3.58. The van der Waals surface area contributed by atoms with E-state index in [0.717, 1.165) is 67.1 Å². The van der Waals surface area contributed by atoms with Crippen LogP contribution in [0.1, 0.15) is 95.2 Å². The second-order valence-corrected chi connectivity index (χ2v) is 13.9. The number of fused-ring (bicyclic) bond motifs is 3. The summed E-state index contributed by atoms with van der Waals surface area (Å²) in [5.41, 5.74) is 6.57. The van der Waals surface area contributed by atoms with Crippen molar-refractivity contribution in [2.24, 2.45) is 0 Å². The first-order valence-electron chi connectivity index (χ1n) is 19.2. The average molecular weight is 760 g/mol. The van der Waals surface area contributed by atoms with Crippen LogP contribution in [-0.2, 0) is 33.8 Å². The Morgan fingerprint density at radius 2 is 1.71 bits per heavy atom. The molecule has 0 saturated carbocycles. The molecule has 0 spiro atoms. The molecule has 3 N–H and O–H groups in total. The molecule has 1 atom stereocenters. The molecule has 292 valence electrons. The monoisotopic (exact) mass is 759 g/mol. The molecule has 56 heavy (non-hydrogen) atoms. The molecule has 0 aliphatic carbocycles. The summed E-state index contributed by atoms with van der Waals surface area (Å²) in [6, 6.07) is 18.2. The SMILES string of the molecule is CCCCCCOC(=O)NC(=N)c1ccc(CC2NCCn3c2nc2cc(C(=O)N(CCC(=O)OCc4nc(C)c(C)nc4C)c4ccccn4)ccc23)cc1. The maximum absolute atomic E-state index is 14.1. The lowest BCUT2D eigenvalue weighted by atomic mass is 10.0. The number of nitrogens with zero attached hydrogens (tertiary/aromatic N) is 6. The molecule has 0 bridgehead atoms. The number of amidine groups is 1. The Hall–Kier alpha value is -6.02. The van der Waals surface area contributed by atoms with Gasteiger partial charge in [0.2, 0.25) is 0 Å². The Bertz CT molecular complexity index is 2190. The number of hydrogen-bond donors (Lipinski definition) is 3. The number of hydrogen-bond acceptors (Lipinski definition) is 11. The van der Waals surface area contributed by atoms with E-state index >= 15 is 0 Å². The first-order valence-corrected chi connectivity index (χ1v) is 19.2. The van der Waals surface area contributed by atoms with Gasteiger partial charge in [-0.25, -0.2) is 14.8 Å². The summed E-state index contributed by atoms with van der Waals surface area (Å²) in [4.78, 5) is 59.0. The van der Waals surface area contributed by atoms with Gasteiger partial charge in [-0.1, -0.05) is 56.5 Å². The molecule has 1 aliphatic heterocycles. The standard InChI is InChI=1S/C42H49N9O5/c1-5-6-7-10-23-55-42(54)49-39(43)31-14-12-30(13-15-31)24-34-40-48-33-25-32(16-17-36(33)50(40)22-20-44-34)41(53)51(37-11-8-9-19-45-37)21-18-38(52)56-26-35-29(4)46-27(2)28(3)47-35/h8-9,11-17,19,25,34,44H,5-7,10,18,20-24,26H2,1-4H3,(H2,43,49,54). The summed E-state index contributed by atoms with van der Waals surface area (Å²) in [5, 5.41) is 14.4. The third kappa shape index (κ3) is 9.79. The Kier molecular flexibility index (Phi) is 13.1. The quantitative estimate of drug-likeness (QED) is 0.0466. The zero-order chi connectivity index (χ0) is 39.6. The zero-order valence-corrected chi connectivity index (χ0v) is 32.4. The molecule has 0 fully saturated rings. The number of nitrogens with one attached hydrogen (secondary N) is 3. The number of carbonyl (C=O) groups excluding carboxylic acids is 3. The number of rotatable bonds is 15. The molecule has 0 saturated heterocycles. The van der Waals surface area contributed by atoms with Crippen LogP contribution in [0, 0.1) is 26.2 Å². The van der Waals surface area contributed by atoms with E-state index in [0.29, 0.717) is 46.9 Å². The third-order valence-corrected chi connectivity index (χ3v) is 9.86. The fourth-order valence-electron chi connectivity index (χ4n) is 6.65. The number of anilines is 1. The molecule has 0 radical (unpaired) electrons. The van der Waals surface area contributed by atoms with E-state index in [1.54, 1.807) is 36.5 Å². The van der Waals surface area contributed by atoms with Crippen molar-refractivity contribution in [3.05, 3.63) is 112 Å². The number of amides is 2. The zero-order valence-electron chi connectivity index (χ0n) is 32.4. The normalized spacial score (nSPS) is 13.5. The Labute approximate surface area is 326 Å². The van der Waals surface area contributed by atoms with Gasteiger partial charge in [0.15, 0.2) is 0 Å². The van der Waals surface area contributed by atoms with E-state index in [-0.39, 0.29) is 37.4 Å². The van der Waals surface area contributed by atoms with Crippen LogP contribution in [0.4, 0.5) is 10.6 Å². The highest BCUT2D eigenvalue weighted by molar-refractivity contribution is 6.07. The number of imidazole rings is 1. The van der Waals surface area contributed by atoms with Crippen LogP contribution in [0.5, 0.6) is 0 Å². The van der Waals surface area contributed by atoms with Crippen molar-refractivity contribution < 1.29 is 23.9 Å². The van der Waals surface area contributed by atoms with Gasteiger partial charge in [-0.15, -0.1) is 0 Å². The van der Waals surface area contributed by atoms with Crippen LogP contribution >= 0.6 is 0 Å². The van der Waals surface area contributed by atoms with Crippen molar-refractivity contribution in [2.45, 2.75) is 85.4 Å². The third-order valence-electron chi connectivity index (χ3n) is 9.86. The number of aromatic nitrogens is 5. The molecule has 4 heterocycles. The van der Waals surface area contributed by atoms with E-state index in [1.165, 1.54) is 4.90 Å². The van der Waals surface area contributed by atoms with Crippen molar-refractivity contribution in [1.29, 1.82) is 5.41 Å². The Morgan fingerprint density at radius 3 is 2.48 bits per heavy atom. The van der Waals surface area contributed by atoms with Gasteiger partial charge < -0.3 is 19.4 Å². The van der Waals surface area contributed by atoms with Crippen LogP contribution in [0.2, 0.25) is 0 Å². The molecule has 1 unspecified atom stereocenters. The molecular formula is C42H49N9O5. The second kappa shape index (κ2) is 18.5. The minimum atomic E-state index is -0.620. The molecule has 3 aromatic heterocycles. The van der Waals surface area contributed by atoms with E-state index in [9.17, 15) is 14.4 Å².